The summed E-state index contributed by atoms with van der Waals surface area (Å²) < 4.78 is 31.3. The lowest BCUT2D eigenvalue weighted by Gasteiger charge is -2.12. The predicted octanol–water partition coefficient (Wildman–Crippen LogP) is 5.89. The average Bonchev–Trinajstić information content (AvgIpc) is 2.55. The van der Waals surface area contributed by atoms with Crippen LogP contribution < -0.4 is 0 Å². The molecular formula is C20H42O4S. The first-order valence-corrected chi connectivity index (χ1v) is 12.1. The van der Waals surface area contributed by atoms with Crippen molar-refractivity contribution >= 4 is 10.1 Å². The van der Waals surface area contributed by atoms with Gasteiger partial charge in [-0.3, -0.25) is 4.55 Å². The van der Waals surface area contributed by atoms with E-state index in [4.69, 9.17) is 4.55 Å². The number of aliphatic hydroxyl groups excluding tert-OH is 1. The van der Waals surface area contributed by atoms with E-state index < -0.39 is 15.4 Å². The number of rotatable bonds is 18. The van der Waals surface area contributed by atoms with E-state index in [0.717, 1.165) is 44.9 Å². The summed E-state index contributed by atoms with van der Waals surface area (Å²) in [6.45, 7) is 4.03. The molecule has 0 aliphatic heterocycles. The third-order valence-electron chi connectivity index (χ3n) is 5.08. The molecule has 0 spiro atoms. The SMILES string of the molecule is CCCCCCCCCCC(O)CCCCCCC(CC)S(=O)(=O)O. The first kappa shape index (κ1) is 24.9. The molecular weight excluding hydrogens is 336 g/mol. The second-order valence-electron chi connectivity index (χ2n) is 7.45. The summed E-state index contributed by atoms with van der Waals surface area (Å²) in [6, 6.07) is 0. The van der Waals surface area contributed by atoms with E-state index in [9.17, 15) is 13.5 Å². The molecule has 0 heterocycles. The second kappa shape index (κ2) is 16.1. The first-order chi connectivity index (χ1) is 11.9. The van der Waals surface area contributed by atoms with Crippen LogP contribution in [0, 0.1) is 0 Å². The van der Waals surface area contributed by atoms with Crippen molar-refractivity contribution in [3.8, 4) is 0 Å². The van der Waals surface area contributed by atoms with E-state index in [0.29, 0.717) is 12.8 Å². The zero-order valence-electron chi connectivity index (χ0n) is 16.6. The van der Waals surface area contributed by atoms with Gasteiger partial charge < -0.3 is 5.11 Å². The van der Waals surface area contributed by atoms with Gasteiger partial charge in [0.15, 0.2) is 0 Å². The van der Waals surface area contributed by atoms with Crippen molar-refractivity contribution in [1.29, 1.82) is 0 Å². The predicted molar refractivity (Wildman–Crippen MR) is 107 cm³/mol. The zero-order valence-corrected chi connectivity index (χ0v) is 17.4. The van der Waals surface area contributed by atoms with Gasteiger partial charge in [-0.25, -0.2) is 0 Å². The van der Waals surface area contributed by atoms with Crippen molar-refractivity contribution in [3.63, 3.8) is 0 Å². The number of hydrogen-bond donors (Lipinski definition) is 2. The Morgan fingerprint density at radius 2 is 1.08 bits per heavy atom. The first-order valence-electron chi connectivity index (χ1n) is 10.6. The van der Waals surface area contributed by atoms with Crippen LogP contribution in [0.15, 0.2) is 0 Å². The highest BCUT2D eigenvalue weighted by molar-refractivity contribution is 7.86. The van der Waals surface area contributed by atoms with Gasteiger partial charge in [0.05, 0.1) is 11.4 Å². The third-order valence-corrected chi connectivity index (χ3v) is 6.49. The second-order valence-corrected chi connectivity index (χ2v) is 9.15. The molecule has 152 valence electrons. The summed E-state index contributed by atoms with van der Waals surface area (Å²) >= 11 is 0. The summed E-state index contributed by atoms with van der Waals surface area (Å²) in [6.07, 6.45) is 16.8. The number of aliphatic hydroxyl groups is 1. The highest BCUT2D eigenvalue weighted by Crippen LogP contribution is 2.17. The van der Waals surface area contributed by atoms with Crippen molar-refractivity contribution in [2.45, 2.75) is 128 Å². The maximum atomic E-state index is 11.1. The fourth-order valence-electron chi connectivity index (χ4n) is 3.33. The van der Waals surface area contributed by atoms with Gasteiger partial charge in [0, 0.05) is 0 Å². The van der Waals surface area contributed by atoms with Gasteiger partial charge in [-0.15, -0.1) is 0 Å². The van der Waals surface area contributed by atoms with Crippen LogP contribution in [-0.2, 0) is 10.1 Å². The molecule has 5 heteroatoms. The number of unbranched alkanes of at least 4 members (excludes halogenated alkanes) is 10. The molecule has 0 saturated heterocycles. The van der Waals surface area contributed by atoms with E-state index in [1.54, 1.807) is 6.92 Å². The Morgan fingerprint density at radius 1 is 0.680 bits per heavy atom. The Kier molecular flexibility index (Phi) is 16.0. The van der Waals surface area contributed by atoms with E-state index in [2.05, 4.69) is 6.92 Å². The standard InChI is InChI=1S/C20H42O4S/c1-3-5-6-7-8-9-10-13-16-19(21)17-14-11-12-15-18-20(4-2)25(22,23)24/h19-21H,3-18H2,1-2H3,(H,22,23,24). The minimum Gasteiger partial charge on any atom is -0.393 e. The van der Waals surface area contributed by atoms with Gasteiger partial charge in [0.1, 0.15) is 0 Å². The van der Waals surface area contributed by atoms with Crippen molar-refractivity contribution in [1.82, 2.24) is 0 Å². The number of hydrogen-bond acceptors (Lipinski definition) is 3. The molecule has 0 aromatic rings. The van der Waals surface area contributed by atoms with Crippen LogP contribution in [0.4, 0.5) is 0 Å². The van der Waals surface area contributed by atoms with Crippen LogP contribution in [0.25, 0.3) is 0 Å². The Morgan fingerprint density at radius 3 is 1.48 bits per heavy atom. The van der Waals surface area contributed by atoms with Gasteiger partial charge in [-0.1, -0.05) is 90.9 Å². The molecule has 0 aromatic heterocycles. The van der Waals surface area contributed by atoms with Crippen LogP contribution in [-0.4, -0.2) is 29.4 Å². The summed E-state index contributed by atoms with van der Waals surface area (Å²) in [7, 11) is -3.88. The zero-order chi connectivity index (χ0) is 19.0. The molecule has 0 aliphatic rings. The van der Waals surface area contributed by atoms with Crippen LogP contribution in [0.5, 0.6) is 0 Å². The molecule has 0 aromatic carbocycles. The van der Waals surface area contributed by atoms with E-state index in [1.807, 2.05) is 0 Å². The van der Waals surface area contributed by atoms with E-state index in [-0.39, 0.29) is 6.10 Å². The molecule has 0 aliphatic carbocycles. The highest BCUT2D eigenvalue weighted by Gasteiger charge is 2.19. The Bertz CT molecular complexity index is 381. The summed E-state index contributed by atoms with van der Waals surface area (Å²) in [5.41, 5.74) is 0. The highest BCUT2D eigenvalue weighted by atomic mass is 32.2. The van der Waals surface area contributed by atoms with Crippen LogP contribution in [0.2, 0.25) is 0 Å². The summed E-state index contributed by atoms with van der Waals surface area (Å²) in [4.78, 5) is 0. The van der Waals surface area contributed by atoms with Crippen molar-refractivity contribution < 1.29 is 18.1 Å². The largest absolute Gasteiger partial charge is 0.393 e. The van der Waals surface area contributed by atoms with Gasteiger partial charge in [0.2, 0.25) is 0 Å². The molecule has 0 fully saturated rings. The quantitative estimate of drug-likeness (QED) is 0.230. The van der Waals surface area contributed by atoms with Crippen LogP contribution >= 0.6 is 0 Å². The minimum absolute atomic E-state index is 0.179. The van der Waals surface area contributed by atoms with Gasteiger partial charge >= 0.3 is 0 Å². The van der Waals surface area contributed by atoms with E-state index >= 15 is 0 Å². The van der Waals surface area contributed by atoms with Gasteiger partial charge in [0.25, 0.3) is 10.1 Å². The van der Waals surface area contributed by atoms with Crippen molar-refractivity contribution in [2.24, 2.45) is 0 Å². The Labute approximate surface area is 156 Å². The van der Waals surface area contributed by atoms with Gasteiger partial charge in [-0.05, 0) is 25.7 Å². The molecule has 0 radical (unpaired) electrons. The molecule has 0 rings (SSSR count). The van der Waals surface area contributed by atoms with E-state index in [1.165, 1.54) is 44.9 Å². The van der Waals surface area contributed by atoms with Crippen LogP contribution in [0.1, 0.15) is 117 Å². The maximum Gasteiger partial charge on any atom is 0.267 e. The van der Waals surface area contributed by atoms with Crippen molar-refractivity contribution in [3.05, 3.63) is 0 Å². The van der Waals surface area contributed by atoms with Gasteiger partial charge in [-0.2, -0.15) is 8.42 Å². The minimum atomic E-state index is -3.88. The maximum absolute atomic E-state index is 11.1. The Hall–Kier alpha value is -0.130. The molecule has 2 atom stereocenters. The molecule has 4 nitrogen and oxygen atoms in total. The lowest BCUT2D eigenvalue weighted by atomic mass is 10.0. The Balaban J connectivity index is 3.42. The topological polar surface area (TPSA) is 74.6 Å². The molecule has 2 unspecified atom stereocenters. The molecule has 0 bridgehead atoms. The fourth-order valence-corrected chi connectivity index (χ4v) is 4.21. The lowest BCUT2D eigenvalue weighted by Crippen LogP contribution is -2.19. The van der Waals surface area contributed by atoms with Crippen molar-refractivity contribution in [2.75, 3.05) is 0 Å². The third kappa shape index (κ3) is 15.8. The summed E-state index contributed by atoms with van der Waals surface area (Å²) in [5.74, 6) is 0. The smallest absolute Gasteiger partial charge is 0.267 e. The average molecular weight is 379 g/mol. The van der Waals surface area contributed by atoms with Crippen LogP contribution in [0.3, 0.4) is 0 Å². The normalized spacial score (nSPS) is 14.6. The molecule has 0 amide bonds. The summed E-state index contributed by atoms with van der Waals surface area (Å²) in [5, 5.41) is 9.39. The molecule has 25 heavy (non-hydrogen) atoms. The lowest BCUT2D eigenvalue weighted by molar-refractivity contribution is 0.147. The molecule has 2 N–H and O–H groups in total. The molecule has 0 saturated carbocycles. The fraction of sp³-hybridized carbons (Fsp3) is 1.00. The monoisotopic (exact) mass is 378 g/mol.